The van der Waals surface area contributed by atoms with E-state index < -0.39 is 10.0 Å². The third-order valence-corrected chi connectivity index (χ3v) is 6.40. The molecule has 1 aliphatic carbocycles. The maximum Gasteiger partial charge on any atom is 0.243 e. The highest BCUT2D eigenvalue weighted by Crippen LogP contribution is 2.36. The highest BCUT2D eigenvalue weighted by atomic mass is 32.2. The largest absolute Gasteiger partial charge is 0.243 e. The van der Waals surface area contributed by atoms with Gasteiger partial charge >= 0.3 is 0 Å². The van der Waals surface area contributed by atoms with Crippen molar-refractivity contribution in [3.05, 3.63) is 53.6 Å². The number of benzene rings is 1. The zero-order valence-electron chi connectivity index (χ0n) is 12.5. The second-order valence-electron chi connectivity index (χ2n) is 5.91. The lowest BCUT2D eigenvalue weighted by atomic mass is 9.97. The van der Waals surface area contributed by atoms with E-state index in [0.717, 1.165) is 18.4 Å². The van der Waals surface area contributed by atoms with E-state index >= 15 is 0 Å². The first-order valence-electron chi connectivity index (χ1n) is 7.44. The van der Waals surface area contributed by atoms with Gasteiger partial charge in [0.05, 0.1) is 4.90 Å². The first-order valence-corrected chi connectivity index (χ1v) is 8.88. The van der Waals surface area contributed by atoms with Crippen LogP contribution in [-0.2, 0) is 10.0 Å². The molecule has 0 saturated carbocycles. The standard InChI is InChI=1S/C17H21NO2S/c1-13-8-10-16(11-9-13)21(19,20)18-12-15-6-4-3-5-7-17(15)14(18)2/h5-11,14,17H,3-4,12H2,1-2H3/t14-,17-/m1/s1. The lowest BCUT2D eigenvalue weighted by Crippen LogP contribution is -2.35. The molecule has 0 spiro atoms. The zero-order chi connectivity index (χ0) is 15.0. The van der Waals surface area contributed by atoms with E-state index in [0.29, 0.717) is 11.4 Å². The van der Waals surface area contributed by atoms with E-state index in [4.69, 9.17) is 0 Å². The minimum Gasteiger partial charge on any atom is -0.207 e. The molecule has 21 heavy (non-hydrogen) atoms. The summed E-state index contributed by atoms with van der Waals surface area (Å²) in [4.78, 5) is 0.390. The van der Waals surface area contributed by atoms with Crippen LogP contribution in [0, 0.1) is 12.8 Å². The van der Waals surface area contributed by atoms with Gasteiger partial charge in [0.15, 0.2) is 0 Å². The van der Waals surface area contributed by atoms with Gasteiger partial charge in [0, 0.05) is 18.5 Å². The van der Waals surface area contributed by atoms with Gasteiger partial charge in [0.2, 0.25) is 10.0 Å². The lowest BCUT2D eigenvalue weighted by molar-refractivity contribution is 0.385. The maximum absolute atomic E-state index is 12.9. The van der Waals surface area contributed by atoms with Crippen LogP contribution < -0.4 is 0 Å². The molecule has 0 unspecified atom stereocenters. The summed E-state index contributed by atoms with van der Waals surface area (Å²) in [6.07, 6.45) is 8.62. The molecule has 1 aromatic rings. The molecule has 3 rings (SSSR count). The van der Waals surface area contributed by atoms with E-state index in [9.17, 15) is 8.42 Å². The average Bonchev–Trinajstić information content (AvgIpc) is 2.64. The molecule has 2 atom stereocenters. The van der Waals surface area contributed by atoms with Gasteiger partial charge in [-0.1, -0.05) is 41.5 Å². The Kier molecular flexibility index (Phi) is 3.76. The Morgan fingerprint density at radius 3 is 2.57 bits per heavy atom. The SMILES string of the molecule is Cc1ccc(S(=O)(=O)N2CC3=CCCC=C[C@@H]3[C@H]2C)cc1. The first-order chi connectivity index (χ1) is 10.00. The summed E-state index contributed by atoms with van der Waals surface area (Å²) in [7, 11) is -3.42. The summed E-state index contributed by atoms with van der Waals surface area (Å²) in [5.74, 6) is 0.229. The quantitative estimate of drug-likeness (QED) is 0.786. The second kappa shape index (κ2) is 5.43. The molecule has 0 aromatic heterocycles. The van der Waals surface area contributed by atoms with Gasteiger partial charge in [-0.05, 0) is 38.8 Å². The van der Waals surface area contributed by atoms with Gasteiger partial charge in [0.25, 0.3) is 0 Å². The molecule has 1 aliphatic heterocycles. The van der Waals surface area contributed by atoms with Crippen molar-refractivity contribution in [3.63, 3.8) is 0 Å². The van der Waals surface area contributed by atoms with Gasteiger partial charge < -0.3 is 0 Å². The Hall–Kier alpha value is -1.39. The number of allylic oxidation sites excluding steroid dienone is 2. The second-order valence-corrected chi connectivity index (χ2v) is 7.80. The molecule has 0 bridgehead atoms. The molecule has 3 nitrogen and oxygen atoms in total. The highest BCUT2D eigenvalue weighted by Gasteiger charge is 2.40. The fraction of sp³-hybridized carbons (Fsp3) is 0.412. The molecule has 112 valence electrons. The molecule has 0 amide bonds. The maximum atomic E-state index is 12.9. The van der Waals surface area contributed by atoms with Crippen molar-refractivity contribution >= 4 is 10.0 Å². The number of sulfonamides is 1. The van der Waals surface area contributed by atoms with Gasteiger partial charge in [-0.25, -0.2) is 8.42 Å². The first kappa shape index (κ1) is 14.5. The van der Waals surface area contributed by atoms with Crippen LogP contribution in [0.3, 0.4) is 0 Å². The van der Waals surface area contributed by atoms with Crippen LogP contribution in [0.5, 0.6) is 0 Å². The van der Waals surface area contributed by atoms with Crippen molar-refractivity contribution in [2.24, 2.45) is 5.92 Å². The Labute approximate surface area is 127 Å². The molecule has 0 N–H and O–H groups in total. The minimum absolute atomic E-state index is 0.0168. The highest BCUT2D eigenvalue weighted by molar-refractivity contribution is 7.89. The average molecular weight is 303 g/mol. The van der Waals surface area contributed by atoms with Gasteiger partial charge in [-0.15, -0.1) is 0 Å². The molecular formula is C17H21NO2S. The topological polar surface area (TPSA) is 37.4 Å². The predicted octanol–water partition coefficient (Wildman–Crippen LogP) is 3.28. The molecule has 2 aliphatic rings. The van der Waals surface area contributed by atoms with Crippen molar-refractivity contribution in [2.45, 2.75) is 37.6 Å². The Bertz CT molecular complexity index is 686. The summed E-state index contributed by atoms with van der Waals surface area (Å²) >= 11 is 0. The van der Waals surface area contributed by atoms with E-state index in [1.807, 2.05) is 26.0 Å². The van der Waals surface area contributed by atoms with Crippen LogP contribution in [0.1, 0.15) is 25.3 Å². The van der Waals surface area contributed by atoms with Gasteiger partial charge in [0.1, 0.15) is 0 Å². The van der Waals surface area contributed by atoms with E-state index in [2.05, 4.69) is 18.2 Å². The number of nitrogens with zero attached hydrogens (tertiary/aromatic N) is 1. The van der Waals surface area contributed by atoms with Crippen molar-refractivity contribution in [1.82, 2.24) is 4.31 Å². The fourth-order valence-electron chi connectivity index (χ4n) is 3.16. The van der Waals surface area contributed by atoms with Gasteiger partial charge in [-0.2, -0.15) is 4.31 Å². The van der Waals surface area contributed by atoms with Crippen LogP contribution in [0.2, 0.25) is 0 Å². The molecule has 1 saturated heterocycles. The van der Waals surface area contributed by atoms with Crippen LogP contribution in [-0.4, -0.2) is 25.3 Å². The monoisotopic (exact) mass is 303 g/mol. The van der Waals surface area contributed by atoms with Crippen molar-refractivity contribution in [1.29, 1.82) is 0 Å². The molecule has 1 aromatic carbocycles. The Morgan fingerprint density at radius 1 is 1.14 bits per heavy atom. The predicted molar refractivity (Wildman–Crippen MR) is 84.5 cm³/mol. The minimum atomic E-state index is -3.42. The number of fused-ring (bicyclic) bond motifs is 1. The fourth-order valence-corrected chi connectivity index (χ4v) is 4.80. The molecule has 4 heteroatoms. The van der Waals surface area contributed by atoms with E-state index in [1.54, 1.807) is 16.4 Å². The Balaban J connectivity index is 1.95. The van der Waals surface area contributed by atoms with Crippen molar-refractivity contribution in [2.75, 3.05) is 6.54 Å². The number of hydrogen-bond acceptors (Lipinski definition) is 2. The normalized spacial score (nSPS) is 26.3. The van der Waals surface area contributed by atoms with Crippen LogP contribution in [0.4, 0.5) is 0 Å². The molecule has 1 fully saturated rings. The smallest absolute Gasteiger partial charge is 0.207 e. The number of aryl methyl sites for hydroxylation is 1. The number of hydrogen-bond donors (Lipinski definition) is 0. The Morgan fingerprint density at radius 2 is 1.86 bits per heavy atom. The van der Waals surface area contributed by atoms with Crippen molar-refractivity contribution < 1.29 is 8.42 Å². The lowest BCUT2D eigenvalue weighted by Gasteiger charge is -2.22. The third kappa shape index (κ3) is 2.58. The van der Waals surface area contributed by atoms with Crippen LogP contribution in [0.15, 0.2) is 53.0 Å². The van der Waals surface area contributed by atoms with E-state index in [-0.39, 0.29) is 12.0 Å². The van der Waals surface area contributed by atoms with Crippen LogP contribution >= 0.6 is 0 Å². The summed E-state index contributed by atoms with van der Waals surface area (Å²) in [6, 6.07) is 7.10. The number of rotatable bonds is 2. The molecular weight excluding hydrogens is 282 g/mol. The summed E-state index contributed by atoms with van der Waals surface area (Å²) < 4.78 is 27.4. The molecule has 1 heterocycles. The van der Waals surface area contributed by atoms with Crippen molar-refractivity contribution in [3.8, 4) is 0 Å². The zero-order valence-corrected chi connectivity index (χ0v) is 13.3. The molecule has 0 radical (unpaired) electrons. The summed E-state index contributed by atoms with van der Waals surface area (Å²) in [6.45, 7) is 4.49. The summed E-state index contributed by atoms with van der Waals surface area (Å²) in [5.41, 5.74) is 2.31. The van der Waals surface area contributed by atoms with E-state index in [1.165, 1.54) is 5.57 Å². The van der Waals surface area contributed by atoms with Gasteiger partial charge in [-0.3, -0.25) is 0 Å². The third-order valence-electron chi connectivity index (χ3n) is 4.45. The summed E-state index contributed by atoms with van der Waals surface area (Å²) in [5, 5.41) is 0. The van der Waals surface area contributed by atoms with Crippen LogP contribution in [0.25, 0.3) is 0 Å².